The second kappa shape index (κ2) is 9.44. The topological polar surface area (TPSA) is 110 Å². The smallest absolute Gasteiger partial charge is 0.295 e. The minimum absolute atomic E-state index is 0.00276. The number of amides is 1. The molecule has 4 rings (SSSR count). The highest BCUT2D eigenvalue weighted by Gasteiger charge is 2.49. The van der Waals surface area contributed by atoms with Crippen LogP contribution < -0.4 is 4.74 Å². The van der Waals surface area contributed by atoms with Crippen LogP contribution in [0.3, 0.4) is 0 Å². The third kappa shape index (κ3) is 4.33. The van der Waals surface area contributed by atoms with Gasteiger partial charge in [0.05, 0.1) is 23.1 Å². The Bertz CT molecular complexity index is 1080. The summed E-state index contributed by atoms with van der Waals surface area (Å²) in [4.78, 5) is 38.2. The second-order valence-electron chi connectivity index (χ2n) is 8.37. The van der Waals surface area contributed by atoms with Crippen molar-refractivity contribution in [3.63, 3.8) is 0 Å². The molecule has 1 amide bonds. The minimum Gasteiger partial charge on any atom is -0.507 e. The first-order valence-corrected chi connectivity index (χ1v) is 11.2. The van der Waals surface area contributed by atoms with Gasteiger partial charge in [0, 0.05) is 23.7 Å². The van der Waals surface area contributed by atoms with Crippen molar-refractivity contribution < 1.29 is 24.4 Å². The number of nitro groups is 1. The molecule has 172 valence electrons. The maximum absolute atomic E-state index is 13.1. The van der Waals surface area contributed by atoms with Gasteiger partial charge in [-0.05, 0) is 49.1 Å². The fourth-order valence-electron chi connectivity index (χ4n) is 4.60. The Hall–Kier alpha value is -3.68. The van der Waals surface area contributed by atoms with Gasteiger partial charge in [0.25, 0.3) is 17.4 Å². The summed E-state index contributed by atoms with van der Waals surface area (Å²) < 4.78 is 5.65. The number of likely N-dealkylation sites (tertiary alicyclic amines) is 1. The number of ether oxygens (including phenoxy) is 1. The number of carbonyl (C=O) groups is 2. The number of hydrogen-bond donors (Lipinski definition) is 1. The Morgan fingerprint density at radius 3 is 2.30 bits per heavy atom. The summed E-state index contributed by atoms with van der Waals surface area (Å²) in [7, 11) is 0. The molecule has 2 aromatic rings. The molecular weight excluding hydrogens is 424 g/mol. The number of aliphatic hydroxyl groups is 1. The van der Waals surface area contributed by atoms with E-state index in [0.717, 1.165) is 32.1 Å². The van der Waals surface area contributed by atoms with Crippen LogP contribution in [0.1, 0.15) is 56.2 Å². The lowest BCUT2D eigenvalue weighted by atomic mass is 9.94. The van der Waals surface area contributed by atoms with Gasteiger partial charge in [0.1, 0.15) is 11.5 Å². The highest BCUT2D eigenvalue weighted by atomic mass is 16.6. The number of nitro benzene ring substituents is 1. The number of carbonyl (C=O) groups excluding carboxylic acids is 2. The zero-order valence-corrected chi connectivity index (χ0v) is 18.4. The van der Waals surface area contributed by atoms with Crippen molar-refractivity contribution in [3.8, 4) is 5.75 Å². The zero-order chi connectivity index (χ0) is 23.5. The van der Waals surface area contributed by atoms with Gasteiger partial charge in [-0.3, -0.25) is 19.7 Å². The summed E-state index contributed by atoms with van der Waals surface area (Å²) >= 11 is 0. The van der Waals surface area contributed by atoms with Crippen LogP contribution in [0.5, 0.6) is 5.75 Å². The Labute approximate surface area is 191 Å². The van der Waals surface area contributed by atoms with E-state index in [1.807, 2.05) is 19.1 Å². The van der Waals surface area contributed by atoms with Gasteiger partial charge in [-0.15, -0.1) is 0 Å². The number of benzene rings is 2. The average Bonchev–Trinajstić information content (AvgIpc) is 3.44. The van der Waals surface area contributed by atoms with Crippen molar-refractivity contribution >= 4 is 23.1 Å². The molecule has 2 aromatic carbocycles. The third-order valence-electron chi connectivity index (χ3n) is 6.22. The monoisotopic (exact) mass is 450 g/mol. The van der Waals surface area contributed by atoms with Gasteiger partial charge >= 0.3 is 0 Å². The molecule has 0 bridgehead atoms. The van der Waals surface area contributed by atoms with E-state index in [-0.39, 0.29) is 28.6 Å². The Kier molecular flexibility index (Phi) is 6.44. The number of nitrogens with zero attached hydrogens (tertiary/aromatic N) is 2. The first-order valence-electron chi connectivity index (χ1n) is 11.2. The normalized spacial score (nSPS) is 20.4. The Morgan fingerprint density at radius 2 is 1.73 bits per heavy atom. The summed E-state index contributed by atoms with van der Waals surface area (Å²) in [6.45, 7) is 2.60. The van der Waals surface area contributed by atoms with Crippen molar-refractivity contribution in [1.82, 2.24) is 4.90 Å². The first kappa shape index (κ1) is 22.5. The predicted octanol–water partition coefficient (Wildman–Crippen LogP) is 4.75. The summed E-state index contributed by atoms with van der Waals surface area (Å²) in [6.07, 6.45) is 4.44. The predicted molar refractivity (Wildman–Crippen MR) is 122 cm³/mol. The van der Waals surface area contributed by atoms with E-state index in [9.17, 15) is 24.8 Å². The van der Waals surface area contributed by atoms with Gasteiger partial charge in [-0.2, -0.15) is 0 Å². The molecule has 1 heterocycles. The van der Waals surface area contributed by atoms with Crippen molar-refractivity contribution in [2.45, 2.75) is 51.1 Å². The highest BCUT2D eigenvalue weighted by molar-refractivity contribution is 6.46. The summed E-state index contributed by atoms with van der Waals surface area (Å²) in [5.74, 6) is -1.01. The Morgan fingerprint density at radius 1 is 1.09 bits per heavy atom. The van der Waals surface area contributed by atoms with Gasteiger partial charge in [-0.1, -0.05) is 31.9 Å². The van der Waals surface area contributed by atoms with Crippen LogP contribution >= 0.6 is 0 Å². The molecule has 2 fully saturated rings. The van der Waals surface area contributed by atoms with E-state index in [2.05, 4.69) is 0 Å². The molecule has 1 saturated heterocycles. The number of ketones is 1. The van der Waals surface area contributed by atoms with Crippen LogP contribution in [-0.2, 0) is 9.59 Å². The van der Waals surface area contributed by atoms with E-state index < -0.39 is 22.7 Å². The van der Waals surface area contributed by atoms with Crippen LogP contribution in [0.2, 0.25) is 0 Å². The number of non-ortho nitro benzene ring substituents is 1. The third-order valence-corrected chi connectivity index (χ3v) is 6.22. The molecule has 2 aliphatic rings. The van der Waals surface area contributed by atoms with Crippen molar-refractivity contribution in [3.05, 3.63) is 75.3 Å². The molecule has 1 atom stereocenters. The second-order valence-corrected chi connectivity index (χ2v) is 8.37. The van der Waals surface area contributed by atoms with E-state index in [1.54, 1.807) is 17.0 Å². The maximum Gasteiger partial charge on any atom is 0.295 e. The fourth-order valence-corrected chi connectivity index (χ4v) is 4.60. The lowest BCUT2D eigenvalue weighted by Gasteiger charge is -2.30. The quantitative estimate of drug-likeness (QED) is 0.214. The van der Waals surface area contributed by atoms with Crippen molar-refractivity contribution in [2.24, 2.45) is 0 Å². The maximum atomic E-state index is 13.1. The standard InChI is InChI=1S/C25H26N2O6/c1-2-15-33-20-13-9-16(10-14-20)22-21(23(28)17-7-11-19(12-8-17)27(31)32)24(29)25(30)26(22)18-5-3-4-6-18/h7-14,18,22,28H,2-6,15H2,1H3/b23-21-. The minimum atomic E-state index is -0.742. The van der Waals surface area contributed by atoms with E-state index in [0.29, 0.717) is 17.9 Å². The molecule has 0 radical (unpaired) electrons. The number of hydrogen-bond acceptors (Lipinski definition) is 6. The van der Waals surface area contributed by atoms with Gasteiger partial charge < -0.3 is 14.7 Å². The van der Waals surface area contributed by atoms with Gasteiger partial charge in [0.2, 0.25) is 0 Å². The molecule has 8 nitrogen and oxygen atoms in total. The number of Topliss-reactive ketones (excluding diaryl/α,β-unsaturated/α-hetero) is 1. The molecule has 1 aliphatic carbocycles. The summed E-state index contributed by atoms with van der Waals surface area (Å²) in [5.41, 5.74) is 0.825. The van der Waals surface area contributed by atoms with Gasteiger partial charge in [-0.25, -0.2) is 0 Å². The number of rotatable bonds is 7. The van der Waals surface area contributed by atoms with E-state index in [1.165, 1.54) is 24.3 Å². The van der Waals surface area contributed by atoms with Gasteiger partial charge in [0.15, 0.2) is 0 Å². The number of aliphatic hydroxyl groups excluding tert-OH is 1. The fraction of sp³-hybridized carbons (Fsp3) is 0.360. The molecular formula is C25H26N2O6. The van der Waals surface area contributed by atoms with Crippen molar-refractivity contribution in [2.75, 3.05) is 6.61 Å². The van der Waals surface area contributed by atoms with Crippen LogP contribution in [0.25, 0.3) is 5.76 Å². The molecule has 1 aliphatic heterocycles. The van der Waals surface area contributed by atoms with Crippen LogP contribution in [0.15, 0.2) is 54.1 Å². The average molecular weight is 450 g/mol. The molecule has 1 N–H and O–H groups in total. The summed E-state index contributed by atoms with van der Waals surface area (Å²) in [5, 5.41) is 22.1. The SMILES string of the molecule is CCCOc1ccc(C2/C(=C(/O)c3ccc([N+](=O)[O-])cc3)C(=O)C(=O)N2C2CCCC2)cc1. The van der Waals surface area contributed by atoms with Crippen molar-refractivity contribution in [1.29, 1.82) is 0 Å². The van der Waals surface area contributed by atoms with E-state index in [4.69, 9.17) is 4.74 Å². The highest BCUT2D eigenvalue weighted by Crippen LogP contribution is 2.43. The molecule has 33 heavy (non-hydrogen) atoms. The van der Waals surface area contributed by atoms with Crippen LogP contribution in [-0.4, -0.2) is 39.3 Å². The molecule has 0 aromatic heterocycles. The first-order chi connectivity index (χ1) is 15.9. The largest absolute Gasteiger partial charge is 0.507 e. The lowest BCUT2D eigenvalue weighted by Crippen LogP contribution is -2.37. The summed E-state index contributed by atoms with van der Waals surface area (Å²) in [6, 6.07) is 11.7. The van der Waals surface area contributed by atoms with Crippen LogP contribution in [0.4, 0.5) is 5.69 Å². The molecule has 0 spiro atoms. The van der Waals surface area contributed by atoms with E-state index >= 15 is 0 Å². The molecule has 1 unspecified atom stereocenters. The van der Waals surface area contributed by atoms with Crippen LogP contribution in [0, 0.1) is 10.1 Å². The Balaban J connectivity index is 1.79. The molecule has 8 heteroatoms. The molecule has 1 saturated carbocycles. The zero-order valence-electron chi connectivity index (χ0n) is 18.4. The lowest BCUT2D eigenvalue weighted by molar-refractivity contribution is -0.384.